The Bertz CT molecular complexity index is 1100. The predicted molar refractivity (Wildman–Crippen MR) is 115 cm³/mol. The minimum Gasteiger partial charge on any atom is -0.334 e. The SMILES string of the molecule is Cc1cccc(C(=O)N2CCc3ccc(CNC(=O)Nc4ccc(F)cc4)cc32)c1. The number of halogens is 1. The highest BCUT2D eigenvalue weighted by Crippen LogP contribution is 2.30. The molecule has 5 nitrogen and oxygen atoms in total. The lowest BCUT2D eigenvalue weighted by Crippen LogP contribution is -2.29. The van der Waals surface area contributed by atoms with Gasteiger partial charge >= 0.3 is 6.03 Å². The first-order valence-electron chi connectivity index (χ1n) is 9.80. The smallest absolute Gasteiger partial charge is 0.319 e. The molecule has 2 N–H and O–H groups in total. The van der Waals surface area contributed by atoms with Gasteiger partial charge in [-0.2, -0.15) is 0 Å². The van der Waals surface area contributed by atoms with E-state index in [1.807, 2.05) is 49.4 Å². The van der Waals surface area contributed by atoms with Crippen molar-refractivity contribution in [1.29, 1.82) is 0 Å². The number of urea groups is 1. The summed E-state index contributed by atoms with van der Waals surface area (Å²) in [6, 6.07) is 18.7. The van der Waals surface area contributed by atoms with Crippen LogP contribution >= 0.6 is 0 Å². The van der Waals surface area contributed by atoms with Gasteiger partial charge in [0, 0.05) is 30.0 Å². The number of nitrogens with zero attached hydrogens (tertiary/aromatic N) is 1. The molecule has 4 rings (SSSR count). The zero-order valence-electron chi connectivity index (χ0n) is 16.6. The average Bonchev–Trinajstić information content (AvgIpc) is 3.16. The van der Waals surface area contributed by atoms with Crippen LogP contribution in [0.25, 0.3) is 0 Å². The van der Waals surface area contributed by atoms with Crippen molar-refractivity contribution in [3.63, 3.8) is 0 Å². The molecule has 0 spiro atoms. The molecule has 0 bridgehead atoms. The third-order valence-electron chi connectivity index (χ3n) is 5.11. The third-order valence-corrected chi connectivity index (χ3v) is 5.11. The Labute approximate surface area is 174 Å². The lowest BCUT2D eigenvalue weighted by atomic mass is 10.1. The van der Waals surface area contributed by atoms with Gasteiger partial charge in [-0.15, -0.1) is 0 Å². The Morgan fingerprint density at radius 1 is 1.03 bits per heavy atom. The molecule has 3 amide bonds. The van der Waals surface area contributed by atoms with E-state index >= 15 is 0 Å². The standard InChI is InChI=1S/C24H22FN3O2/c1-16-3-2-4-19(13-16)23(29)28-12-11-18-6-5-17(14-22(18)28)15-26-24(30)27-21-9-7-20(25)8-10-21/h2-10,13-14H,11-12,15H2,1H3,(H2,26,27,30). The maximum Gasteiger partial charge on any atom is 0.319 e. The minimum absolute atomic E-state index is 0.0170. The van der Waals surface area contributed by atoms with Crippen LogP contribution in [-0.2, 0) is 13.0 Å². The van der Waals surface area contributed by atoms with E-state index in [1.54, 1.807) is 4.90 Å². The van der Waals surface area contributed by atoms with E-state index in [4.69, 9.17) is 0 Å². The Kier molecular flexibility index (Phi) is 5.48. The summed E-state index contributed by atoms with van der Waals surface area (Å²) in [5, 5.41) is 5.45. The van der Waals surface area contributed by atoms with E-state index in [9.17, 15) is 14.0 Å². The largest absolute Gasteiger partial charge is 0.334 e. The lowest BCUT2D eigenvalue weighted by molar-refractivity contribution is 0.0989. The van der Waals surface area contributed by atoms with Crippen LogP contribution in [0.4, 0.5) is 20.6 Å². The van der Waals surface area contributed by atoms with Gasteiger partial charge in [0.1, 0.15) is 5.82 Å². The molecule has 0 radical (unpaired) electrons. The van der Waals surface area contributed by atoms with E-state index in [-0.39, 0.29) is 17.8 Å². The maximum absolute atomic E-state index is 13.0. The van der Waals surface area contributed by atoms with E-state index < -0.39 is 0 Å². The van der Waals surface area contributed by atoms with E-state index in [0.29, 0.717) is 24.3 Å². The van der Waals surface area contributed by atoms with Gasteiger partial charge in [-0.3, -0.25) is 4.79 Å². The molecule has 0 fully saturated rings. The Morgan fingerprint density at radius 2 is 1.83 bits per heavy atom. The summed E-state index contributed by atoms with van der Waals surface area (Å²) in [5.41, 5.74) is 5.13. The summed E-state index contributed by atoms with van der Waals surface area (Å²) in [4.78, 5) is 26.9. The van der Waals surface area contributed by atoms with Crippen LogP contribution in [0.1, 0.15) is 27.0 Å². The van der Waals surface area contributed by atoms with Crippen LogP contribution in [0.2, 0.25) is 0 Å². The number of fused-ring (bicyclic) bond motifs is 1. The van der Waals surface area contributed by atoms with E-state index in [1.165, 1.54) is 24.3 Å². The van der Waals surface area contributed by atoms with E-state index in [2.05, 4.69) is 10.6 Å². The first kappa shape index (κ1) is 19.6. The van der Waals surface area contributed by atoms with Gasteiger partial charge < -0.3 is 15.5 Å². The summed E-state index contributed by atoms with van der Waals surface area (Å²) in [6.07, 6.45) is 0.811. The number of carbonyl (C=O) groups is 2. The highest BCUT2D eigenvalue weighted by molar-refractivity contribution is 6.07. The number of nitrogens with one attached hydrogen (secondary N) is 2. The van der Waals surface area contributed by atoms with Crippen molar-refractivity contribution in [2.75, 3.05) is 16.8 Å². The first-order chi connectivity index (χ1) is 14.5. The molecule has 1 heterocycles. The number of hydrogen-bond donors (Lipinski definition) is 2. The quantitative estimate of drug-likeness (QED) is 0.666. The monoisotopic (exact) mass is 403 g/mol. The predicted octanol–water partition coefficient (Wildman–Crippen LogP) is 4.66. The molecule has 3 aromatic carbocycles. The molecular formula is C24H22FN3O2. The van der Waals surface area contributed by atoms with Gasteiger partial charge in [0.2, 0.25) is 0 Å². The fourth-order valence-electron chi connectivity index (χ4n) is 3.57. The molecule has 0 aliphatic carbocycles. The number of carbonyl (C=O) groups excluding carboxylic acids is 2. The van der Waals surface area contributed by atoms with E-state index in [0.717, 1.165) is 28.8 Å². The molecule has 3 aromatic rings. The number of hydrogen-bond acceptors (Lipinski definition) is 2. The van der Waals surface area contributed by atoms with Crippen LogP contribution in [-0.4, -0.2) is 18.5 Å². The first-order valence-corrected chi connectivity index (χ1v) is 9.80. The summed E-state index contributed by atoms with van der Waals surface area (Å²) < 4.78 is 13.0. The number of amides is 3. The van der Waals surface area contributed by atoms with Crippen LogP contribution < -0.4 is 15.5 Å². The van der Waals surface area contributed by atoms with Crippen LogP contribution in [0, 0.1) is 12.7 Å². The van der Waals surface area contributed by atoms with Crippen molar-refractivity contribution in [3.8, 4) is 0 Å². The van der Waals surface area contributed by atoms with Crippen molar-refractivity contribution < 1.29 is 14.0 Å². The molecule has 1 aliphatic heterocycles. The second-order valence-electron chi connectivity index (χ2n) is 7.35. The third kappa shape index (κ3) is 4.33. The van der Waals surface area contributed by atoms with Crippen LogP contribution in [0.5, 0.6) is 0 Å². The van der Waals surface area contributed by atoms with Gasteiger partial charge in [0.25, 0.3) is 5.91 Å². The molecule has 30 heavy (non-hydrogen) atoms. The number of benzene rings is 3. The molecule has 0 saturated heterocycles. The lowest BCUT2D eigenvalue weighted by Gasteiger charge is -2.18. The van der Waals surface area contributed by atoms with Crippen LogP contribution in [0.15, 0.2) is 66.7 Å². The topological polar surface area (TPSA) is 61.4 Å². The average molecular weight is 403 g/mol. The van der Waals surface area contributed by atoms with Crippen LogP contribution in [0.3, 0.4) is 0 Å². The highest BCUT2D eigenvalue weighted by atomic mass is 19.1. The van der Waals surface area contributed by atoms with Gasteiger partial charge in [0.15, 0.2) is 0 Å². The zero-order valence-corrected chi connectivity index (χ0v) is 16.6. The Morgan fingerprint density at radius 3 is 2.60 bits per heavy atom. The fraction of sp³-hybridized carbons (Fsp3) is 0.167. The Balaban J connectivity index is 1.43. The maximum atomic E-state index is 13.0. The summed E-state index contributed by atoms with van der Waals surface area (Å²) in [6.45, 7) is 2.92. The fourth-order valence-corrected chi connectivity index (χ4v) is 3.57. The van der Waals surface area contributed by atoms with Crippen molar-refractivity contribution in [1.82, 2.24) is 5.32 Å². The summed E-state index contributed by atoms with van der Waals surface area (Å²) >= 11 is 0. The van der Waals surface area contributed by atoms with Crippen molar-refractivity contribution in [3.05, 3.63) is 94.8 Å². The molecule has 152 valence electrons. The second kappa shape index (κ2) is 8.37. The van der Waals surface area contributed by atoms with Gasteiger partial charge in [-0.1, -0.05) is 29.8 Å². The summed E-state index contributed by atoms with van der Waals surface area (Å²) in [7, 11) is 0. The molecular weight excluding hydrogens is 381 g/mol. The van der Waals surface area contributed by atoms with Gasteiger partial charge in [-0.05, 0) is 66.9 Å². The summed E-state index contributed by atoms with van der Waals surface area (Å²) in [5.74, 6) is -0.375. The number of anilines is 2. The molecule has 0 unspecified atom stereocenters. The minimum atomic E-state index is -0.380. The molecule has 1 aliphatic rings. The second-order valence-corrected chi connectivity index (χ2v) is 7.35. The van der Waals surface area contributed by atoms with Crippen molar-refractivity contribution in [2.24, 2.45) is 0 Å². The molecule has 6 heteroatoms. The van der Waals surface area contributed by atoms with Gasteiger partial charge in [0.05, 0.1) is 0 Å². The normalized spacial score (nSPS) is 12.4. The highest BCUT2D eigenvalue weighted by Gasteiger charge is 2.25. The molecule has 0 atom stereocenters. The number of aryl methyl sites for hydroxylation is 1. The Hall–Kier alpha value is -3.67. The van der Waals surface area contributed by atoms with Crippen molar-refractivity contribution in [2.45, 2.75) is 19.9 Å². The molecule has 0 saturated carbocycles. The number of rotatable bonds is 4. The van der Waals surface area contributed by atoms with Gasteiger partial charge in [-0.25, -0.2) is 9.18 Å². The molecule has 0 aromatic heterocycles. The van der Waals surface area contributed by atoms with Crippen molar-refractivity contribution >= 4 is 23.3 Å². The zero-order chi connectivity index (χ0) is 21.1.